The molecule has 2 rings (SSSR count). The van der Waals surface area contributed by atoms with Crippen molar-refractivity contribution in [3.63, 3.8) is 0 Å². The van der Waals surface area contributed by atoms with Gasteiger partial charge in [0.05, 0.1) is 18.8 Å². The summed E-state index contributed by atoms with van der Waals surface area (Å²) in [5.41, 5.74) is 1.85. The van der Waals surface area contributed by atoms with Crippen molar-refractivity contribution in [3.8, 4) is 5.75 Å². The van der Waals surface area contributed by atoms with Crippen LogP contribution in [0.3, 0.4) is 0 Å². The second kappa shape index (κ2) is 8.70. The second-order valence-corrected chi connectivity index (χ2v) is 6.42. The average molecular weight is 392 g/mol. The van der Waals surface area contributed by atoms with Crippen LogP contribution in [0.5, 0.6) is 5.75 Å². The van der Waals surface area contributed by atoms with Gasteiger partial charge in [-0.3, -0.25) is 0 Å². The lowest BCUT2D eigenvalue weighted by Crippen LogP contribution is -2.36. The lowest BCUT2D eigenvalue weighted by atomic mass is 10.1. The summed E-state index contributed by atoms with van der Waals surface area (Å²) in [6.45, 7) is 0.496. The molecule has 1 unspecified atom stereocenters. The number of carbonyl (C=O) groups is 1. The Kier molecular flexibility index (Phi) is 6.63. The summed E-state index contributed by atoms with van der Waals surface area (Å²) in [4.78, 5) is 14.2. The van der Waals surface area contributed by atoms with Crippen LogP contribution in [0.1, 0.15) is 11.6 Å². The fourth-order valence-electron chi connectivity index (χ4n) is 2.34. The average Bonchev–Trinajstić information content (AvgIpc) is 2.57. The molecule has 24 heavy (non-hydrogen) atoms. The van der Waals surface area contributed by atoms with Gasteiger partial charge >= 0.3 is 6.03 Å². The maximum absolute atomic E-state index is 12.1. The van der Waals surface area contributed by atoms with Crippen LogP contribution in [0, 0.1) is 0 Å². The number of hydrogen-bond donors (Lipinski definition) is 2. The molecule has 0 aliphatic rings. The molecule has 0 fully saturated rings. The minimum Gasteiger partial charge on any atom is -0.497 e. The van der Waals surface area contributed by atoms with Crippen LogP contribution in [0.25, 0.3) is 0 Å². The van der Waals surface area contributed by atoms with Gasteiger partial charge in [0, 0.05) is 11.0 Å². The molecule has 0 bridgehead atoms. The van der Waals surface area contributed by atoms with Gasteiger partial charge in [-0.15, -0.1) is 0 Å². The molecule has 1 atom stereocenters. The molecule has 2 aromatic carbocycles. The van der Waals surface area contributed by atoms with Gasteiger partial charge in [0.2, 0.25) is 0 Å². The Morgan fingerprint density at radius 2 is 1.83 bits per heavy atom. The molecule has 0 aliphatic heterocycles. The van der Waals surface area contributed by atoms with E-state index in [0.29, 0.717) is 6.54 Å². The summed E-state index contributed by atoms with van der Waals surface area (Å²) in [7, 11) is 5.62. The van der Waals surface area contributed by atoms with E-state index >= 15 is 0 Å². The van der Waals surface area contributed by atoms with Crippen molar-refractivity contribution < 1.29 is 9.53 Å². The fourth-order valence-corrected chi connectivity index (χ4v) is 2.73. The Morgan fingerprint density at radius 3 is 2.42 bits per heavy atom. The van der Waals surface area contributed by atoms with Crippen molar-refractivity contribution in [3.05, 3.63) is 58.6 Å². The van der Waals surface area contributed by atoms with Crippen LogP contribution >= 0.6 is 15.9 Å². The molecule has 0 heterocycles. The summed E-state index contributed by atoms with van der Waals surface area (Å²) >= 11 is 3.42. The SMILES string of the molecule is COc1ccc(C(CNC(=O)Nc2ccccc2Br)N(C)C)cc1. The van der Waals surface area contributed by atoms with E-state index < -0.39 is 0 Å². The highest BCUT2D eigenvalue weighted by Gasteiger charge is 2.15. The van der Waals surface area contributed by atoms with Gasteiger partial charge in [0.25, 0.3) is 0 Å². The smallest absolute Gasteiger partial charge is 0.319 e. The topological polar surface area (TPSA) is 53.6 Å². The molecule has 2 aromatic rings. The number of methoxy groups -OCH3 is 1. The molecule has 0 radical (unpaired) electrons. The van der Waals surface area contributed by atoms with E-state index in [1.165, 1.54) is 0 Å². The predicted octanol–water partition coefficient (Wildman–Crippen LogP) is 3.88. The van der Waals surface area contributed by atoms with Gasteiger partial charge in [0.1, 0.15) is 5.75 Å². The number of nitrogens with one attached hydrogen (secondary N) is 2. The normalized spacial score (nSPS) is 11.9. The number of halogens is 1. The van der Waals surface area contributed by atoms with E-state index in [-0.39, 0.29) is 12.1 Å². The number of ether oxygens (including phenoxy) is 1. The number of hydrogen-bond acceptors (Lipinski definition) is 3. The zero-order valence-corrected chi connectivity index (χ0v) is 15.6. The number of likely N-dealkylation sites (N-methyl/N-ethyl adjacent to an activating group) is 1. The Labute approximate surface area is 151 Å². The summed E-state index contributed by atoms with van der Waals surface area (Å²) < 4.78 is 6.03. The van der Waals surface area contributed by atoms with Crippen LogP contribution in [0.4, 0.5) is 10.5 Å². The zero-order chi connectivity index (χ0) is 17.5. The monoisotopic (exact) mass is 391 g/mol. The highest BCUT2D eigenvalue weighted by molar-refractivity contribution is 9.10. The van der Waals surface area contributed by atoms with E-state index in [1.54, 1.807) is 7.11 Å². The molecule has 5 nitrogen and oxygen atoms in total. The van der Waals surface area contributed by atoms with Gasteiger partial charge in [-0.2, -0.15) is 0 Å². The first-order valence-electron chi connectivity index (χ1n) is 7.61. The minimum absolute atomic E-state index is 0.0703. The van der Waals surface area contributed by atoms with E-state index in [1.807, 2.05) is 62.6 Å². The Balaban J connectivity index is 1.98. The van der Waals surface area contributed by atoms with E-state index in [2.05, 4.69) is 31.5 Å². The third-order valence-electron chi connectivity index (χ3n) is 3.70. The second-order valence-electron chi connectivity index (χ2n) is 5.57. The van der Waals surface area contributed by atoms with Crippen molar-refractivity contribution in [2.24, 2.45) is 0 Å². The first kappa shape index (κ1) is 18.3. The lowest BCUT2D eigenvalue weighted by Gasteiger charge is -2.25. The van der Waals surface area contributed by atoms with E-state index in [9.17, 15) is 4.79 Å². The molecule has 128 valence electrons. The first-order valence-corrected chi connectivity index (χ1v) is 8.40. The molecule has 0 saturated heterocycles. The quantitative estimate of drug-likeness (QED) is 0.785. The number of rotatable bonds is 6. The van der Waals surface area contributed by atoms with E-state index in [4.69, 9.17) is 4.74 Å². The summed E-state index contributed by atoms with van der Waals surface area (Å²) in [5.74, 6) is 0.816. The number of para-hydroxylation sites is 1. The largest absolute Gasteiger partial charge is 0.497 e. The number of anilines is 1. The van der Waals surface area contributed by atoms with Gasteiger partial charge < -0.3 is 20.3 Å². The van der Waals surface area contributed by atoms with Crippen LogP contribution in [-0.4, -0.2) is 38.7 Å². The third-order valence-corrected chi connectivity index (χ3v) is 4.39. The third kappa shape index (κ3) is 4.97. The van der Waals surface area contributed by atoms with Crippen molar-refractivity contribution in [2.45, 2.75) is 6.04 Å². The summed E-state index contributed by atoms with van der Waals surface area (Å²) in [6.07, 6.45) is 0. The molecule has 6 heteroatoms. The molecular weight excluding hydrogens is 370 g/mol. The highest BCUT2D eigenvalue weighted by atomic mass is 79.9. The van der Waals surface area contributed by atoms with Gasteiger partial charge in [-0.05, 0) is 59.9 Å². The highest BCUT2D eigenvalue weighted by Crippen LogP contribution is 2.22. The van der Waals surface area contributed by atoms with Gasteiger partial charge in [0.15, 0.2) is 0 Å². The maximum Gasteiger partial charge on any atom is 0.319 e. The van der Waals surface area contributed by atoms with E-state index in [0.717, 1.165) is 21.5 Å². The van der Waals surface area contributed by atoms with Crippen LogP contribution in [0.15, 0.2) is 53.0 Å². The van der Waals surface area contributed by atoms with Crippen LogP contribution in [0.2, 0.25) is 0 Å². The molecule has 2 amide bonds. The van der Waals surface area contributed by atoms with Gasteiger partial charge in [-0.1, -0.05) is 24.3 Å². The Morgan fingerprint density at radius 1 is 1.17 bits per heavy atom. The molecule has 0 aromatic heterocycles. The molecule has 2 N–H and O–H groups in total. The standard InChI is InChI=1S/C18H22BrN3O2/c1-22(2)17(13-8-10-14(24-3)11-9-13)12-20-18(23)21-16-7-5-4-6-15(16)19/h4-11,17H,12H2,1-3H3,(H2,20,21,23). The Bertz CT molecular complexity index is 674. The lowest BCUT2D eigenvalue weighted by molar-refractivity contribution is 0.243. The van der Waals surface area contributed by atoms with Crippen LogP contribution < -0.4 is 15.4 Å². The zero-order valence-electron chi connectivity index (χ0n) is 14.0. The molecular formula is C18H22BrN3O2. The summed E-state index contributed by atoms with van der Waals surface area (Å²) in [6, 6.07) is 15.2. The maximum atomic E-state index is 12.1. The summed E-state index contributed by atoms with van der Waals surface area (Å²) in [5, 5.41) is 5.76. The van der Waals surface area contributed by atoms with Crippen molar-refractivity contribution >= 4 is 27.6 Å². The number of benzene rings is 2. The molecule has 0 aliphatic carbocycles. The van der Waals surface area contributed by atoms with Crippen molar-refractivity contribution in [1.29, 1.82) is 0 Å². The van der Waals surface area contributed by atoms with Gasteiger partial charge in [-0.25, -0.2) is 4.79 Å². The number of nitrogens with zero attached hydrogens (tertiary/aromatic N) is 1. The molecule has 0 saturated carbocycles. The van der Waals surface area contributed by atoms with Crippen molar-refractivity contribution in [1.82, 2.24) is 10.2 Å². The minimum atomic E-state index is -0.234. The number of carbonyl (C=O) groups excluding carboxylic acids is 1. The molecule has 0 spiro atoms. The van der Waals surface area contributed by atoms with Crippen LogP contribution in [-0.2, 0) is 0 Å². The first-order chi connectivity index (χ1) is 11.5. The number of amides is 2. The fraction of sp³-hybridized carbons (Fsp3) is 0.278. The van der Waals surface area contributed by atoms with Crippen molar-refractivity contribution in [2.75, 3.05) is 33.1 Å². The Hall–Kier alpha value is -2.05. The predicted molar refractivity (Wildman–Crippen MR) is 101 cm³/mol. The number of urea groups is 1.